The highest BCUT2D eigenvalue weighted by atomic mass is 35.5. The highest BCUT2D eigenvalue weighted by Gasteiger charge is 2.08. The van der Waals surface area contributed by atoms with E-state index in [1.165, 1.54) is 12.4 Å². The Morgan fingerprint density at radius 2 is 1.71 bits per heavy atom. The number of nitrogens with one attached hydrogen (secondary N) is 2. The fourth-order valence-electron chi connectivity index (χ4n) is 2.08. The third-order valence-electron chi connectivity index (χ3n) is 3.32. The number of rotatable bonds is 5. The van der Waals surface area contributed by atoms with Crippen LogP contribution in [0.2, 0.25) is 5.02 Å². The Hall–Kier alpha value is -2.92. The molecule has 3 aromatic rings. The number of hydrogen-bond donors (Lipinski definition) is 2. The van der Waals surface area contributed by atoms with Crippen LogP contribution in [-0.4, -0.2) is 15.9 Å². The van der Waals surface area contributed by atoms with Crippen LogP contribution in [-0.2, 0) is 6.54 Å². The number of anilines is 2. The fourth-order valence-corrected chi connectivity index (χ4v) is 2.26. The van der Waals surface area contributed by atoms with Gasteiger partial charge in [0.25, 0.3) is 5.91 Å². The van der Waals surface area contributed by atoms with Crippen molar-refractivity contribution in [2.24, 2.45) is 0 Å². The van der Waals surface area contributed by atoms with Gasteiger partial charge in [-0.15, -0.1) is 0 Å². The van der Waals surface area contributed by atoms with Crippen LogP contribution in [0.3, 0.4) is 0 Å². The van der Waals surface area contributed by atoms with Crippen LogP contribution >= 0.6 is 11.6 Å². The average molecular weight is 339 g/mol. The number of carbonyl (C=O) groups is 1. The standard InChI is InChI=1S/C18H15ClN4O/c19-14-8-4-5-9-15(14)23-17-12-20-16(11-21-17)18(24)22-10-13-6-2-1-3-7-13/h1-9,11-12H,10H2,(H,21,23)(H,22,24). The van der Waals surface area contributed by atoms with Gasteiger partial charge in [-0.3, -0.25) is 4.79 Å². The summed E-state index contributed by atoms with van der Waals surface area (Å²) < 4.78 is 0. The quantitative estimate of drug-likeness (QED) is 0.742. The molecule has 3 rings (SSSR count). The van der Waals surface area contributed by atoms with Crippen LogP contribution in [0.25, 0.3) is 0 Å². The molecule has 0 spiro atoms. The van der Waals surface area contributed by atoms with Gasteiger partial charge in [-0.2, -0.15) is 0 Å². The predicted octanol–water partition coefficient (Wildman–Crippen LogP) is 3.80. The number of hydrogen-bond acceptors (Lipinski definition) is 4. The van der Waals surface area contributed by atoms with E-state index in [1.54, 1.807) is 6.07 Å². The average Bonchev–Trinajstić information content (AvgIpc) is 2.63. The summed E-state index contributed by atoms with van der Waals surface area (Å²) in [5, 5.41) is 6.46. The third kappa shape index (κ3) is 4.08. The zero-order valence-corrected chi connectivity index (χ0v) is 13.5. The van der Waals surface area contributed by atoms with E-state index >= 15 is 0 Å². The Bertz CT molecular complexity index is 822. The van der Waals surface area contributed by atoms with Gasteiger partial charge in [0.05, 0.1) is 23.1 Å². The first-order valence-electron chi connectivity index (χ1n) is 7.38. The van der Waals surface area contributed by atoms with Crippen LogP contribution in [0.5, 0.6) is 0 Å². The van der Waals surface area contributed by atoms with E-state index in [0.717, 1.165) is 11.3 Å². The van der Waals surface area contributed by atoms with Gasteiger partial charge < -0.3 is 10.6 Å². The Labute approximate surface area is 144 Å². The van der Waals surface area contributed by atoms with Crippen molar-refractivity contribution in [3.63, 3.8) is 0 Å². The van der Waals surface area contributed by atoms with Gasteiger partial charge >= 0.3 is 0 Å². The molecule has 5 nitrogen and oxygen atoms in total. The lowest BCUT2D eigenvalue weighted by molar-refractivity contribution is 0.0945. The Morgan fingerprint density at radius 3 is 2.42 bits per heavy atom. The third-order valence-corrected chi connectivity index (χ3v) is 3.65. The number of halogens is 1. The van der Waals surface area contributed by atoms with Crippen LogP contribution in [0.1, 0.15) is 16.1 Å². The highest BCUT2D eigenvalue weighted by Crippen LogP contribution is 2.23. The molecule has 2 N–H and O–H groups in total. The van der Waals surface area contributed by atoms with Crippen molar-refractivity contribution in [2.45, 2.75) is 6.54 Å². The number of nitrogens with zero attached hydrogens (tertiary/aromatic N) is 2. The molecule has 1 aromatic heterocycles. The van der Waals surface area contributed by atoms with Crippen molar-refractivity contribution >= 4 is 29.0 Å². The first-order chi connectivity index (χ1) is 11.7. The normalized spacial score (nSPS) is 10.2. The minimum atomic E-state index is -0.268. The van der Waals surface area contributed by atoms with Crippen LogP contribution in [0, 0.1) is 0 Å². The van der Waals surface area contributed by atoms with Crippen molar-refractivity contribution < 1.29 is 4.79 Å². The van der Waals surface area contributed by atoms with Crippen molar-refractivity contribution in [3.05, 3.63) is 83.3 Å². The van der Waals surface area contributed by atoms with Crippen molar-refractivity contribution in [1.82, 2.24) is 15.3 Å². The molecule has 120 valence electrons. The van der Waals surface area contributed by atoms with Crippen molar-refractivity contribution in [1.29, 1.82) is 0 Å². The molecule has 0 saturated heterocycles. The largest absolute Gasteiger partial charge is 0.347 e. The second-order valence-electron chi connectivity index (χ2n) is 5.06. The summed E-state index contributed by atoms with van der Waals surface area (Å²) >= 11 is 6.08. The van der Waals surface area contributed by atoms with Crippen molar-refractivity contribution in [3.8, 4) is 0 Å². The second kappa shape index (κ2) is 7.57. The molecule has 0 radical (unpaired) electrons. The number of amides is 1. The summed E-state index contributed by atoms with van der Waals surface area (Å²) in [6.07, 6.45) is 2.93. The maximum atomic E-state index is 12.1. The molecule has 0 aliphatic heterocycles. The lowest BCUT2D eigenvalue weighted by atomic mass is 10.2. The molecule has 0 fully saturated rings. The van der Waals surface area contributed by atoms with Crippen LogP contribution < -0.4 is 10.6 Å². The van der Waals surface area contributed by atoms with E-state index < -0.39 is 0 Å². The molecule has 0 atom stereocenters. The van der Waals surface area contributed by atoms with Crippen LogP contribution in [0.4, 0.5) is 11.5 Å². The molecule has 1 heterocycles. The minimum Gasteiger partial charge on any atom is -0.347 e. The molecule has 0 aliphatic carbocycles. The molecule has 6 heteroatoms. The lowest BCUT2D eigenvalue weighted by Gasteiger charge is -2.08. The Balaban J connectivity index is 1.61. The molecular formula is C18H15ClN4O. The molecule has 24 heavy (non-hydrogen) atoms. The maximum Gasteiger partial charge on any atom is 0.271 e. The molecule has 1 amide bonds. The molecular weight excluding hydrogens is 324 g/mol. The van der Waals surface area contributed by atoms with E-state index in [-0.39, 0.29) is 11.6 Å². The summed E-state index contributed by atoms with van der Waals surface area (Å²) in [6, 6.07) is 17.0. The zero-order valence-electron chi connectivity index (χ0n) is 12.7. The Morgan fingerprint density at radius 1 is 0.958 bits per heavy atom. The lowest BCUT2D eigenvalue weighted by Crippen LogP contribution is -2.24. The highest BCUT2D eigenvalue weighted by molar-refractivity contribution is 6.33. The molecule has 0 unspecified atom stereocenters. The van der Waals surface area contributed by atoms with E-state index in [9.17, 15) is 4.79 Å². The van der Waals surface area contributed by atoms with Gasteiger partial charge in [0.2, 0.25) is 0 Å². The monoisotopic (exact) mass is 338 g/mol. The zero-order chi connectivity index (χ0) is 16.8. The number of aromatic nitrogens is 2. The number of carbonyl (C=O) groups excluding carboxylic acids is 1. The smallest absolute Gasteiger partial charge is 0.271 e. The van der Waals surface area contributed by atoms with E-state index in [4.69, 9.17) is 11.6 Å². The fraction of sp³-hybridized carbons (Fsp3) is 0.0556. The second-order valence-corrected chi connectivity index (χ2v) is 5.47. The summed E-state index contributed by atoms with van der Waals surface area (Å²) in [6.45, 7) is 0.445. The summed E-state index contributed by atoms with van der Waals surface area (Å²) in [7, 11) is 0. The first-order valence-corrected chi connectivity index (χ1v) is 7.76. The van der Waals surface area contributed by atoms with E-state index in [0.29, 0.717) is 17.4 Å². The molecule has 0 aliphatic rings. The van der Waals surface area contributed by atoms with E-state index in [1.807, 2.05) is 48.5 Å². The van der Waals surface area contributed by atoms with Crippen molar-refractivity contribution in [2.75, 3.05) is 5.32 Å². The van der Waals surface area contributed by atoms with Gasteiger partial charge in [-0.05, 0) is 17.7 Å². The van der Waals surface area contributed by atoms with Gasteiger partial charge in [0.1, 0.15) is 11.5 Å². The predicted molar refractivity (Wildman–Crippen MR) is 94.4 cm³/mol. The van der Waals surface area contributed by atoms with Crippen LogP contribution in [0.15, 0.2) is 67.0 Å². The number of para-hydroxylation sites is 1. The maximum absolute atomic E-state index is 12.1. The first kappa shape index (κ1) is 16.0. The number of benzene rings is 2. The minimum absolute atomic E-state index is 0.260. The topological polar surface area (TPSA) is 66.9 Å². The van der Waals surface area contributed by atoms with Gasteiger partial charge in [0, 0.05) is 6.54 Å². The molecule has 0 bridgehead atoms. The van der Waals surface area contributed by atoms with Gasteiger partial charge in [-0.25, -0.2) is 9.97 Å². The van der Waals surface area contributed by atoms with E-state index in [2.05, 4.69) is 20.6 Å². The summed E-state index contributed by atoms with van der Waals surface area (Å²) in [5.41, 5.74) is 2.02. The summed E-state index contributed by atoms with van der Waals surface area (Å²) in [4.78, 5) is 20.4. The summed E-state index contributed by atoms with van der Waals surface area (Å²) in [5.74, 6) is 0.248. The van der Waals surface area contributed by atoms with Gasteiger partial charge in [-0.1, -0.05) is 54.1 Å². The Kier molecular flexibility index (Phi) is 5.03. The van der Waals surface area contributed by atoms with Gasteiger partial charge in [0.15, 0.2) is 0 Å². The SMILES string of the molecule is O=C(NCc1ccccc1)c1cnc(Nc2ccccc2Cl)cn1. The molecule has 2 aromatic carbocycles. The molecule has 0 saturated carbocycles.